The average Bonchev–Trinajstić information content (AvgIpc) is 2.70. The van der Waals surface area contributed by atoms with Gasteiger partial charge in [-0.2, -0.15) is 18.2 Å². The Morgan fingerprint density at radius 1 is 0.967 bits per heavy atom. The Kier molecular flexibility index (Phi) is 7.15. The molecule has 0 amide bonds. The monoisotopic (exact) mass is 434 g/mol. The van der Waals surface area contributed by atoms with Crippen LogP contribution in [-0.2, 0) is 12.6 Å². The summed E-state index contributed by atoms with van der Waals surface area (Å²) in [5.41, 5.74) is 1.30. The molecule has 4 nitrogen and oxygen atoms in total. The zero-order valence-corrected chi connectivity index (χ0v) is 17.2. The first kappa shape index (κ1) is 21.9. The predicted molar refractivity (Wildman–Crippen MR) is 115 cm³/mol. The minimum absolute atomic E-state index is 0.0481. The van der Waals surface area contributed by atoms with E-state index in [0.717, 1.165) is 37.4 Å². The van der Waals surface area contributed by atoms with Gasteiger partial charge in [0.1, 0.15) is 11.4 Å². The first-order valence-electron chi connectivity index (χ1n) is 9.68. The lowest BCUT2D eigenvalue weighted by Gasteiger charge is -2.15. The number of hydrogen-bond donors (Lipinski definition) is 2. The zero-order valence-electron chi connectivity index (χ0n) is 16.4. The van der Waals surface area contributed by atoms with Crippen LogP contribution < -0.4 is 10.6 Å². The van der Waals surface area contributed by atoms with Crippen LogP contribution in [0.5, 0.6) is 0 Å². The summed E-state index contributed by atoms with van der Waals surface area (Å²) >= 11 is 5.86. The van der Waals surface area contributed by atoms with Crippen LogP contribution in [0.3, 0.4) is 0 Å². The average molecular weight is 435 g/mol. The molecule has 158 valence electrons. The van der Waals surface area contributed by atoms with Gasteiger partial charge in [-0.1, -0.05) is 43.5 Å². The van der Waals surface area contributed by atoms with E-state index < -0.39 is 11.7 Å². The van der Waals surface area contributed by atoms with Gasteiger partial charge in [-0.3, -0.25) is 0 Å². The van der Waals surface area contributed by atoms with E-state index in [1.165, 1.54) is 0 Å². The lowest BCUT2D eigenvalue weighted by Crippen LogP contribution is -2.12. The molecule has 0 radical (unpaired) electrons. The molecule has 0 bridgehead atoms. The summed E-state index contributed by atoms with van der Waals surface area (Å²) in [5.74, 6) is -0.258. The maximum Gasteiger partial charge on any atom is 0.421 e. The van der Waals surface area contributed by atoms with Crippen LogP contribution in [0.2, 0.25) is 5.02 Å². The second kappa shape index (κ2) is 9.80. The van der Waals surface area contributed by atoms with Crippen molar-refractivity contribution in [3.05, 3.63) is 70.9 Å². The number of hydrogen-bond acceptors (Lipinski definition) is 4. The molecule has 30 heavy (non-hydrogen) atoms. The number of unbranched alkanes of at least 4 members (excludes halogenated alkanes) is 2. The third-order valence-electron chi connectivity index (χ3n) is 4.45. The molecule has 0 saturated heterocycles. The third-order valence-corrected chi connectivity index (χ3v) is 4.71. The zero-order chi connectivity index (χ0) is 21.6. The predicted octanol–water partition coefficient (Wildman–Crippen LogP) is 7.37. The fourth-order valence-corrected chi connectivity index (χ4v) is 3.05. The van der Waals surface area contributed by atoms with Crippen molar-refractivity contribution in [3.63, 3.8) is 0 Å². The van der Waals surface area contributed by atoms with Gasteiger partial charge in [-0.15, -0.1) is 0 Å². The third kappa shape index (κ3) is 6.10. The Bertz CT molecular complexity index is 975. The second-order valence-electron chi connectivity index (χ2n) is 6.87. The maximum atomic E-state index is 13.5. The molecule has 0 fully saturated rings. The van der Waals surface area contributed by atoms with Crippen molar-refractivity contribution < 1.29 is 13.2 Å². The first-order valence-corrected chi connectivity index (χ1v) is 10.1. The lowest BCUT2D eigenvalue weighted by atomic mass is 10.1. The highest BCUT2D eigenvalue weighted by molar-refractivity contribution is 6.30. The van der Waals surface area contributed by atoms with E-state index in [2.05, 4.69) is 27.5 Å². The lowest BCUT2D eigenvalue weighted by molar-refractivity contribution is -0.137. The molecule has 3 aromatic rings. The topological polar surface area (TPSA) is 49.8 Å². The van der Waals surface area contributed by atoms with Gasteiger partial charge >= 0.3 is 6.18 Å². The van der Waals surface area contributed by atoms with Crippen molar-refractivity contribution >= 4 is 34.7 Å². The Morgan fingerprint density at radius 3 is 2.43 bits per heavy atom. The smallest absolute Gasteiger partial charge is 0.340 e. The minimum Gasteiger partial charge on any atom is -0.340 e. The summed E-state index contributed by atoms with van der Waals surface area (Å²) in [4.78, 5) is 7.89. The van der Waals surface area contributed by atoms with Crippen LogP contribution in [0.4, 0.5) is 36.3 Å². The number of anilines is 4. The van der Waals surface area contributed by atoms with Crippen molar-refractivity contribution in [1.29, 1.82) is 0 Å². The molecular weight excluding hydrogens is 413 g/mol. The number of alkyl halides is 3. The van der Waals surface area contributed by atoms with Crippen molar-refractivity contribution in [2.24, 2.45) is 0 Å². The number of benzene rings is 2. The molecule has 8 heteroatoms. The summed E-state index contributed by atoms with van der Waals surface area (Å²) in [6.45, 7) is 2.13. The first-order chi connectivity index (χ1) is 14.3. The van der Waals surface area contributed by atoms with Crippen molar-refractivity contribution in [2.45, 2.75) is 38.8 Å². The van der Waals surface area contributed by atoms with Crippen molar-refractivity contribution in [1.82, 2.24) is 9.97 Å². The number of rotatable bonds is 8. The Labute approximate surface area is 178 Å². The molecule has 0 aliphatic carbocycles. The SMILES string of the molecule is CCCCCc1cccc(Nc2nc(Nc3ccc(Cl)cc3)ncc2C(F)(F)F)c1. The van der Waals surface area contributed by atoms with E-state index in [-0.39, 0.29) is 11.8 Å². The van der Waals surface area contributed by atoms with E-state index in [9.17, 15) is 13.2 Å². The molecule has 0 saturated carbocycles. The van der Waals surface area contributed by atoms with Gasteiger partial charge in [0.2, 0.25) is 5.95 Å². The number of aromatic nitrogens is 2. The number of nitrogens with zero attached hydrogens (tertiary/aromatic N) is 2. The molecule has 3 rings (SSSR count). The number of halogens is 4. The molecule has 0 unspecified atom stereocenters. The standard InChI is InChI=1S/C22H22ClF3N4/c1-2-3-4-6-15-7-5-8-18(13-15)28-20-19(22(24,25)26)14-27-21(30-20)29-17-11-9-16(23)10-12-17/h5,7-14H,2-4,6H2,1H3,(H2,27,28,29,30). The van der Waals surface area contributed by atoms with Gasteiger partial charge in [0.25, 0.3) is 0 Å². The summed E-state index contributed by atoms with van der Waals surface area (Å²) in [6, 6.07) is 14.1. The van der Waals surface area contributed by atoms with Gasteiger partial charge in [0, 0.05) is 22.6 Å². The van der Waals surface area contributed by atoms with E-state index in [1.807, 2.05) is 18.2 Å². The molecule has 2 N–H and O–H groups in total. The highest BCUT2D eigenvalue weighted by Gasteiger charge is 2.35. The van der Waals surface area contributed by atoms with Crippen LogP contribution in [-0.4, -0.2) is 9.97 Å². The second-order valence-corrected chi connectivity index (χ2v) is 7.30. The van der Waals surface area contributed by atoms with Crippen LogP contribution in [0.1, 0.15) is 37.3 Å². The van der Waals surface area contributed by atoms with Crippen LogP contribution in [0.15, 0.2) is 54.7 Å². The Morgan fingerprint density at radius 2 is 1.73 bits per heavy atom. The molecule has 0 aliphatic heterocycles. The van der Waals surface area contributed by atoms with Crippen LogP contribution in [0.25, 0.3) is 0 Å². The molecule has 1 aromatic heterocycles. The highest BCUT2D eigenvalue weighted by atomic mass is 35.5. The van der Waals surface area contributed by atoms with Gasteiger partial charge in [0.05, 0.1) is 0 Å². The van der Waals surface area contributed by atoms with E-state index >= 15 is 0 Å². The van der Waals surface area contributed by atoms with Crippen molar-refractivity contribution in [3.8, 4) is 0 Å². The number of aryl methyl sites for hydroxylation is 1. The largest absolute Gasteiger partial charge is 0.421 e. The molecule has 0 spiro atoms. The highest BCUT2D eigenvalue weighted by Crippen LogP contribution is 2.35. The fourth-order valence-electron chi connectivity index (χ4n) is 2.93. The summed E-state index contributed by atoms with van der Waals surface area (Å²) in [7, 11) is 0. The van der Waals surface area contributed by atoms with Crippen LogP contribution in [0, 0.1) is 0 Å². The molecular formula is C22H22ClF3N4. The Hall–Kier alpha value is -2.80. The van der Waals surface area contributed by atoms with Gasteiger partial charge in [-0.05, 0) is 54.8 Å². The summed E-state index contributed by atoms with van der Waals surface area (Å²) in [6.07, 6.45) is 0.330. The Balaban J connectivity index is 1.86. The van der Waals surface area contributed by atoms with E-state index in [4.69, 9.17) is 11.6 Å². The maximum absolute atomic E-state index is 13.5. The normalized spacial score (nSPS) is 11.4. The fraction of sp³-hybridized carbons (Fsp3) is 0.273. The number of nitrogens with one attached hydrogen (secondary N) is 2. The molecule has 1 heterocycles. The van der Waals surface area contributed by atoms with E-state index in [1.54, 1.807) is 30.3 Å². The van der Waals surface area contributed by atoms with Gasteiger partial charge < -0.3 is 10.6 Å². The molecule has 2 aromatic carbocycles. The quantitative estimate of drug-likeness (QED) is 0.363. The summed E-state index contributed by atoms with van der Waals surface area (Å²) < 4.78 is 40.5. The van der Waals surface area contributed by atoms with Gasteiger partial charge in [-0.25, -0.2) is 4.98 Å². The van der Waals surface area contributed by atoms with Crippen LogP contribution >= 0.6 is 11.6 Å². The molecule has 0 atom stereocenters. The summed E-state index contributed by atoms with van der Waals surface area (Å²) in [5, 5.41) is 6.26. The minimum atomic E-state index is -4.58. The molecule has 0 aliphatic rings. The van der Waals surface area contributed by atoms with E-state index in [0.29, 0.717) is 16.4 Å². The van der Waals surface area contributed by atoms with Gasteiger partial charge in [0.15, 0.2) is 0 Å². The van der Waals surface area contributed by atoms with Crippen molar-refractivity contribution in [2.75, 3.05) is 10.6 Å².